The fraction of sp³-hybridized carbons (Fsp3) is 0.467. The van der Waals surface area contributed by atoms with E-state index in [0.717, 1.165) is 52.0 Å². The van der Waals surface area contributed by atoms with Crippen LogP contribution in [0.25, 0.3) is 22.1 Å². The molecule has 1 N–H and O–H groups in total. The van der Waals surface area contributed by atoms with Gasteiger partial charge in [-0.15, -0.1) is 5.10 Å². The molecule has 2 atom stereocenters. The van der Waals surface area contributed by atoms with Gasteiger partial charge in [-0.05, 0) is 54.3 Å². The lowest BCUT2D eigenvalue weighted by molar-refractivity contribution is -0.126. The summed E-state index contributed by atoms with van der Waals surface area (Å²) in [5.41, 5.74) is 4.00. The van der Waals surface area contributed by atoms with Crippen LogP contribution >= 0.6 is 0 Å². The van der Waals surface area contributed by atoms with Crippen LogP contribution in [0.15, 0.2) is 53.2 Å². The van der Waals surface area contributed by atoms with E-state index in [1.54, 1.807) is 18.1 Å². The van der Waals surface area contributed by atoms with Gasteiger partial charge in [0.25, 0.3) is 0 Å². The molecule has 0 bridgehead atoms. The van der Waals surface area contributed by atoms with Crippen LogP contribution in [-0.4, -0.2) is 56.8 Å². The first kappa shape index (κ1) is 25.6. The van der Waals surface area contributed by atoms with Gasteiger partial charge in [-0.3, -0.25) is 9.69 Å². The third-order valence-corrected chi connectivity index (χ3v) is 8.33. The maximum absolute atomic E-state index is 13.6. The normalized spacial score (nSPS) is 20.8. The van der Waals surface area contributed by atoms with Crippen molar-refractivity contribution in [1.29, 1.82) is 0 Å². The van der Waals surface area contributed by atoms with E-state index in [-0.39, 0.29) is 24.0 Å². The average Bonchev–Trinajstić information content (AvgIpc) is 3.64. The van der Waals surface area contributed by atoms with Crippen molar-refractivity contribution in [3.05, 3.63) is 60.1 Å². The fourth-order valence-electron chi connectivity index (χ4n) is 6.36. The van der Waals surface area contributed by atoms with Crippen molar-refractivity contribution >= 4 is 16.9 Å². The summed E-state index contributed by atoms with van der Waals surface area (Å²) >= 11 is 0. The predicted molar refractivity (Wildman–Crippen MR) is 148 cm³/mol. The Labute approximate surface area is 228 Å². The van der Waals surface area contributed by atoms with Gasteiger partial charge in [-0.25, -0.2) is 4.68 Å². The number of hydrogen-bond acceptors (Lipinski definition) is 7. The van der Waals surface area contributed by atoms with Gasteiger partial charge < -0.3 is 14.5 Å². The Morgan fingerprint density at radius 2 is 1.92 bits per heavy atom. The van der Waals surface area contributed by atoms with Crippen LogP contribution in [0.3, 0.4) is 0 Å². The second-order valence-corrected chi connectivity index (χ2v) is 10.9. The van der Waals surface area contributed by atoms with Crippen molar-refractivity contribution in [3.63, 3.8) is 0 Å². The molecule has 3 heterocycles. The highest BCUT2D eigenvalue weighted by molar-refractivity contribution is 5.97. The van der Waals surface area contributed by atoms with E-state index in [2.05, 4.69) is 50.0 Å². The minimum Gasteiger partial charge on any atom is -0.496 e. The molecule has 1 saturated carbocycles. The minimum atomic E-state index is -0.277. The zero-order chi connectivity index (χ0) is 26.8. The van der Waals surface area contributed by atoms with E-state index in [0.29, 0.717) is 19.5 Å². The topological polar surface area (TPSA) is 98.3 Å². The van der Waals surface area contributed by atoms with Gasteiger partial charge >= 0.3 is 0 Å². The largest absolute Gasteiger partial charge is 0.496 e. The summed E-state index contributed by atoms with van der Waals surface area (Å²) in [6.07, 6.45) is 9.27. The zero-order valence-corrected chi connectivity index (χ0v) is 22.7. The van der Waals surface area contributed by atoms with Crippen LogP contribution in [0.4, 0.5) is 0 Å². The zero-order valence-electron chi connectivity index (χ0n) is 22.7. The Bertz CT molecular complexity index is 1410. The molecule has 1 aliphatic carbocycles. The molecule has 9 nitrogen and oxygen atoms in total. The lowest BCUT2D eigenvalue weighted by atomic mass is 10.0. The Kier molecular flexibility index (Phi) is 7.32. The van der Waals surface area contributed by atoms with Gasteiger partial charge in [-0.1, -0.05) is 56.0 Å². The molecule has 1 aliphatic heterocycles. The molecule has 0 radical (unpaired) electrons. The number of benzene rings is 2. The number of aryl methyl sites for hydroxylation is 1. The number of nitrogens with zero attached hydrogens (tertiary/aromatic N) is 5. The number of likely N-dealkylation sites (tertiary alicyclic amines) is 1. The van der Waals surface area contributed by atoms with Crippen LogP contribution < -0.4 is 10.1 Å². The Hall–Kier alpha value is -3.72. The van der Waals surface area contributed by atoms with E-state index in [4.69, 9.17) is 9.15 Å². The summed E-state index contributed by atoms with van der Waals surface area (Å²) in [4.78, 5) is 15.9. The summed E-state index contributed by atoms with van der Waals surface area (Å²) in [5.74, 6) is 1.75. The molecule has 2 aromatic heterocycles. The van der Waals surface area contributed by atoms with Gasteiger partial charge in [0.2, 0.25) is 5.91 Å². The predicted octanol–water partition coefficient (Wildman–Crippen LogP) is 5.06. The number of furan rings is 1. The van der Waals surface area contributed by atoms with Gasteiger partial charge in [0.1, 0.15) is 23.4 Å². The van der Waals surface area contributed by atoms with Gasteiger partial charge in [0.15, 0.2) is 0 Å². The van der Waals surface area contributed by atoms with Crippen molar-refractivity contribution in [1.82, 2.24) is 30.4 Å². The lowest BCUT2D eigenvalue weighted by Crippen LogP contribution is -2.46. The summed E-state index contributed by atoms with van der Waals surface area (Å²) in [6.45, 7) is 3.22. The summed E-state index contributed by atoms with van der Waals surface area (Å²) < 4.78 is 13.9. The summed E-state index contributed by atoms with van der Waals surface area (Å²) in [5, 5.41) is 16.2. The number of ether oxygens (including phenoxy) is 1. The smallest absolute Gasteiger partial charge is 0.237 e. The minimum absolute atomic E-state index is 0.0233. The summed E-state index contributed by atoms with van der Waals surface area (Å²) in [6, 6.07) is 14.4. The molecule has 9 heteroatoms. The molecule has 1 amide bonds. The van der Waals surface area contributed by atoms with E-state index in [1.807, 2.05) is 25.1 Å². The fourth-order valence-corrected chi connectivity index (χ4v) is 6.36. The maximum Gasteiger partial charge on any atom is 0.237 e. The molecule has 1 saturated heterocycles. The molecule has 0 spiro atoms. The van der Waals surface area contributed by atoms with Crippen LogP contribution in [0.5, 0.6) is 5.75 Å². The third kappa shape index (κ3) is 5.28. The quantitative estimate of drug-likeness (QED) is 0.335. The molecule has 6 rings (SSSR count). The highest BCUT2D eigenvalue weighted by atomic mass is 16.5. The van der Waals surface area contributed by atoms with E-state index in [9.17, 15) is 4.79 Å². The standard InChI is InChI=1S/C30H36N6O3/c1-20-29(21-10-6-5-7-11-21)25-16-27(38-2)22(14-28(25)39-20)17-35-18-24(36-19-31-33-34-36)15-26(35)30(37)32-23-12-8-3-4-9-13-23/h5-7,10-11,14,16,19,23-24,26H,3-4,8-9,12-13,15,17-18H2,1-2H3,(H,32,37)/t24-,26+/m1/s1. The Morgan fingerprint density at radius 3 is 2.64 bits per heavy atom. The molecule has 2 fully saturated rings. The maximum atomic E-state index is 13.6. The van der Waals surface area contributed by atoms with Gasteiger partial charge in [0.05, 0.1) is 19.2 Å². The second-order valence-electron chi connectivity index (χ2n) is 10.9. The van der Waals surface area contributed by atoms with E-state index >= 15 is 0 Å². The first-order chi connectivity index (χ1) is 19.1. The number of amides is 1. The van der Waals surface area contributed by atoms with Crippen LogP contribution in [0, 0.1) is 6.92 Å². The molecule has 204 valence electrons. The lowest BCUT2D eigenvalue weighted by Gasteiger charge is -2.26. The number of carbonyl (C=O) groups is 1. The van der Waals surface area contributed by atoms with Crippen LogP contribution in [-0.2, 0) is 11.3 Å². The monoisotopic (exact) mass is 528 g/mol. The number of tetrazole rings is 1. The number of fused-ring (bicyclic) bond motifs is 1. The average molecular weight is 529 g/mol. The molecule has 2 aromatic carbocycles. The number of aromatic nitrogens is 4. The first-order valence-electron chi connectivity index (χ1n) is 14.0. The van der Waals surface area contributed by atoms with Crippen molar-refractivity contribution < 1.29 is 13.9 Å². The SMILES string of the molecule is COc1cc2c(-c3ccccc3)c(C)oc2cc1CN1C[C@H](n2cnnn2)C[C@H]1C(=O)NC1CCCCCC1. The molecular formula is C30H36N6O3. The highest BCUT2D eigenvalue weighted by Crippen LogP contribution is 2.39. The second kappa shape index (κ2) is 11.2. The number of methoxy groups -OCH3 is 1. The molecule has 4 aromatic rings. The number of carbonyl (C=O) groups excluding carboxylic acids is 1. The molecule has 0 unspecified atom stereocenters. The van der Waals surface area contributed by atoms with Crippen LogP contribution in [0.2, 0.25) is 0 Å². The first-order valence-corrected chi connectivity index (χ1v) is 14.0. The number of rotatable bonds is 7. The van der Waals surface area contributed by atoms with Crippen molar-refractivity contribution in [2.24, 2.45) is 0 Å². The van der Waals surface area contributed by atoms with E-state index in [1.165, 1.54) is 25.7 Å². The molecule has 39 heavy (non-hydrogen) atoms. The van der Waals surface area contributed by atoms with E-state index < -0.39 is 0 Å². The number of hydrogen-bond donors (Lipinski definition) is 1. The van der Waals surface area contributed by atoms with Crippen molar-refractivity contribution in [2.45, 2.75) is 76.5 Å². The van der Waals surface area contributed by atoms with Gasteiger partial charge in [-0.2, -0.15) is 0 Å². The Balaban J connectivity index is 1.30. The highest BCUT2D eigenvalue weighted by Gasteiger charge is 2.39. The van der Waals surface area contributed by atoms with Crippen molar-refractivity contribution in [2.75, 3.05) is 13.7 Å². The van der Waals surface area contributed by atoms with Gasteiger partial charge in [0, 0.05) is 35.6 Å². The van der Waals surface area contributed by atoms with Crippen LogP contribution in [0.1, 0.15) is 62.3 Å². The number of nitrogens with one attached hydrogen (secondary N) is 1. The third-order valence-electron chi connectivity index (χ3n) is 8.33. The summed E-state index contributed by atoms with van der Waals surface area (Å²) in [7, 11) is 1.70. The Morgan fingerprint density at radius 1 is 1.13 bits per heavy atom. The molecular weight excluding hydrogens is 492 g/mol. The van der Waals surface area contributed by atoms with Crippen molar-refractivity contribution in [3.8, 4) is 16.9 Å². The molecule has 2 aliphatic rings.